The second-order valence-electron chi connectivity index (χ2n) is 3.47. The van der Waals surface area contributed by atoms with Gasteiger partial charge in [-0.1, -0.05) is 30.3 Å². The quantitative estimate of drug-likeness (QED) is 0.770. The van der Waals surface area contributed by atoms with Crippen LogP contribution in [0.2, 0.25) is 0 Å². The predicted molar refractivity (Wildman–Crippen MR) is 69.7 cm³/mol. The fourth-order valence-electron chi connectivity index (χ4n) is 1.40. The monoisotopic (exact) mass is 210 g/mol. The highest BCUT2D eigenvalue weighted by Gasteiger charge is 1.89. The lowest BCUT2D eigenvalue weighted by Gasteiger charge is -1.99. The summed E-state index contributed by atoms with van der Waals surface area (Å²) in [6.45, 7) is 0. The molecule has 80 valence electrons. The molecular weight excluding hydrogens is 196 g/mol. The second-order valence-corrected chi connectivity index (χ2v) is 3.47. The number of hydrogen-bond donors (Lipinski definition) is 1. The van der Waals surface area contributed by atoms with E-state index in [9.17, 15) is 0 Å². The molecule has 0 atom stereocenters. The van der Waals surface area contributed by atoms with E-state index >= 15 is 0 Å². The highest BCUT2D eigenvalue weighted by molar-refractivity contribution is 5.81. The van der Waals surface area contributed by atoms with E-state index in [-0.39, 0.29) is 0 Å². The van der Waals surface area contributed by atoms with Gasteiger partial charge in [-0.2, -0.15) is 0 Å². The van der Waals surface area contributed by atoms with Crippen LogP contribution < -0.4 is 5.32 Å². The van der Waals surface area contributed by atoms with Gasteiger partial charge in [0.15, 0.2) is 0 Å². The fourth-order valence-corrected chi connectivity index (χ4v) is 1.40. The standard InChI is InChI=1S/C14H14N2/c1-15-13-7-9-14(10-8-13)16-11-12-5-3-2-4-6-12/h2-11,15H,1H3. The average molecular weight is 210 g/mol. The molecule has 0 fully saturated rings. The Morgan fingerprint density at radius 1 is 0.938 bits per heavy atom. The van der Waals surface area contributed by atoms with Crippen LogP contribution >= 0.6 is 0 Å². The lowest BCUT2D eigenvalue weighted by molar-refractivity contribution is 1.48. The summed E-state index contributed by atoms with van der Waals surface area (Å²) in [6, 6.07) is 18.1. The summed E-state index contributed by atoms with van der Waals surface area (Å²) in [7, 11) is 1.91. The number of nitrogens with zero attached hydrogens (tertiary/aromatic N) is 1. The number of hydrogen-bond acceptors (Lipinski definition) is 2. The Morgan fingerprint density at radius 3 is 2.25 bits per heavy atom. The lowest BCUT2D eigenvalue weighted by atomic mass is 10.2. The van der Waals surface area contributed by atoms with Crippen molar-refractivity contribution in [3.63, 3.8) is 0 Å². The van der Waals surface area contributed by atoms with Crippen LogP contribution in [-0.4, -0.2) is 13.3 Å². The molecule has 0 unspecified atom stereocenters. The third-order valence-corrected chi connectivity index (χ3v) is 2.32. The first kappa shape index (κ1) is 10.4. The zero-order chi connectivity index (χ0) is 11.2. The molecule has 2 nitrogen and oxygen atoms in total. The van der Waals surface area contributed by atoms with Crippen molar-refractivity contribution >= 4 is 17.6 Å². The van der Waals surface area contributed by atoms with Crippen LogP contribution in [0.5, 0.6) is 0 Å². The molecule has 2 aromatic rings. The Bertz CT molecular complexity index is 458. The molecule has 0 aromatic heterocycles. The van der Waals surface area contributed by atoms with Gasteiger partial charge in [0.2, 0.25) is 0 Å². The third kappa shape index (κ3) is 2.70. The molecule has 16 heavy (non-hydrogen) atoms. The molecule has 0 amide bonds. The van der Waals surface area contributed by atoms with E-state index in [0.717, 1.165) is 16.9 Å². The van der Waals surface area contributed by atoms with Crippen molar-refractivity contribution in [1.82, 2.24) is 0 Å². The normalized spacial score (nSPS) is 10.6. The van der Waals surface area contributed by atoms with Gasteiger partial charge in [0.1, 0.15) is 0 Å². The topological polar surface area (TPSA) is 24.4 Å². The number of benzene rings is 2. The van der Waals surface area contributed by atoms with E-state index < -0.39 is 0 Å². The highest BCUT2D eigenvalue weighted by atomic mass is 14.8. The number of aliphatic imine (C=N–C) groups is 1. The third-order valence-electron chi connectivity index (χ3n) is 2.32. The van der Waals surface area contributed by atoms with E-state index in [0.29, 0.717) is 0 Å². The molecule has 0 aliphatic carbocycles. The van der Waals surface area contributed by atoms with Gasteiger partial charge >= 0.3 is 0 Å². The Kier molecular flexibility index (Phi) is 3.34. The van der Waals surface area contributed by atoms with Crippen LogP contribution in [0, 0.1) is 0 Å². The van der Waals surface area contributed by atoms with Crippen molar-refractivity contribution in [2.24, 2.45) is 4.99 Å². The summed E-state index contributed by atoms with van der Waals surface area (Å²) in [5.74, 6) is 0. The van der Waals surface area contributed by atoms with E-state index in [1.54, 1.807) is 0 Å². The van der Waals surface area contributed by atoms with Crippen LogP contribution in [0.25, 0.3) is 0 Å². The molecule has 2 aromatic carbocycles. The zero-order valence-electron chi connectivity index (χ0n) is 9.22. The van der Waals surface area contributed by atoms with E-state index in [2.05, 4.69) is 10.3 Å². The molecule has 0 spiro atoms. The van der Waals surface area contributed by atoms with Crippen molar-refractivity contribution in [3.8, 4) is 0 Å². The average Bonchev–Trinajstić information content (AvgIpc) is 2.38. The Hall–Kier alpha value is -2.09. The van der Waals surface area contributed by atoms with Gasteiger partial charge in [0.25, 0.3) is 0 Å². The zero-order valence-corrected chi connectivity index (χ0v) is 9.22. The van der Waals surface area contributed by atoms with Gasteiger partial charge in [0.05, 0.1) is 5.69 Å². The van der Waals surface area contributed by atoms with Gasteiger partial charge < -0.3 is 5.32 Å². The molecule has 0 radical (unpaired) electrons. The summed E-state index contributed by atoms with van der Waals surface area (Å²) < 4.78 is 0. The van der Waals surface area contributed by atoms with Crippen molar-refractivity contribution in [2.45, 2.75) is 0 Å². The molecule has 0 heterocycles. The molecule has 0 aliphatic rings. The summed E-state index contributed by atoms with van der Waals surface area (Å²) in [5, 5.41) is 3.08. The van der Waals surface area contributed by atoms with Gasteiger partial charge in [-0.25, -0.2) is 0 Å². The second kappa shape index (κ2) is 5.12. The lowest BCUT2D eigenvalue weighted by Crippen LogP contribution is -1.85. The van der Waals surface area contributed by atoms with Gasteiger partial charge in [-0.15, -0.1) is 0 Å². The van der Waals surface area contributed by atoms with Crippen LogP contribution in [0.1, 0.15) is 5.56 Å². The Morgan fingerprint density at radius 2 is 1.62 bits per heavy atom. The van der Waals surface area contributed by atoms with Crippen molar-refractivity contribution in [2.75, 3.05) is 12.4 Å². The van der Waals surface area contributed by atoms with Gasteiger partial charge in [0, 0.05) is 18.9 Å². The largest absolute Gasteiger partial charge is 0.388 e. The smallest absolute Gasteiger partial charge is 0.0631 e. The number of rotatable bonds is 3. The van der Waals surface area contributed by atoms with Gasteiger partial charge in [-0.3, -0.25) is 4.99 Å². The summed E-state index contributed by atoms with van der Waals surface area (Å²) in [4.78, 5) is 4.40. The summed E-state index contributed by atoms with van der Waals surface area (Å²) in [5.41, 5.74) is 3.17. The van der Waals surface area contributed by atoms with Crippen LogP contribution in [-0.2, 0) is 0 Å². The molecule has 0 bridgehead atoms. The van der Waals surface area contributed by atoms with Crippen molar-refractivity contribution in [1.29, 1.82) is 0 Å². The van der Waals surface area contributed by atoms with Crippen molar-refractivity contribution < 1.29 is 0 Å². The minimum absolute atomic E-state index is 0.961. The first-order chi connectivity index (χ1) is 7.88. The number of nitrogens with one attached hydrogen (secondary N) is 1. The molecule has 0 aliphatic heterocycles. The minimum atomic E-state index is 0.961. The predicted octanol–water partition coefficient (Wildman–Crippen LogP) is 3.48. The Balaban J connectivity index is 2.12. The van der Waals surface area contributed by atoms with Crippen LogP contribution in [0.3, 0.4) is 0 Å². The summed E-state index contributed by atoms with van der Waals surface area (Å²) in [6.07, 6.45) is 1.87. The first-order valence-corrected chi connectivity index (χ1v) is 5.25. The molecular formula is C14H14N2. The molecule has 2 heteroatoms. The maximum absolute atomic E-state index is 4.40. The SMILES string of the molecule is CNc1ccc(N=Cc2ccccc2)cc1. The fraction of sp³-hybridized carbons (Fsp3) is 0.0714. The van der Waals surface area contributed by atoms with E-state index in [1.165, 1.54) is 0 Å². The molecule has 0 saturated carbocycles. The minimum Gasteiger partial charge on any atom is -0.388 e. The Labute approximate surface area is 95.7 Å². The van der Waals surface area contributed by atoms with Crippen LogP contribution in [0.15, 0.2) is 59.6 Å². The number of anilines is 1. The van der Waals surface area contributed by atoms with E-state index in [4.69, 9.17) is 0 Å². The highest BCUT2D eigenvalue weighted by Crippen LogP contribution is 2.15. The van der Waals surface area contributed by atoms with Gasteiger partial charge in [-0.05, 0) is 29.8 Å². The first-order valence-electron chi connectivity index (χ1n) is 5.25. The van der Waals surface area contributed by atoms with Crippen molar-refractivity contribution in [3.05, 3.63) is 60.2 Å². The maximum Gasteiger partial charge on any atom is 0.0631 e. The molecule has 1 N–H and O–H groups in total. The van der Waals surface area contributed by atoms with E-state index in [1.807, 2.05) is 67.9 Å². The molecule has 2 rings (SSSR count). The molecule has 0 saturated heterocycles. The summed E-state index contributed by atoms with van der Waals surface area (Å²) >= 11 is 0. The van der Waals surface area contributed by atoms with Crippen LogP contribution in [0.4, 0.5) is 11.4 Å². The maximum atomic E-state index is 4.40.